The van der Waals surface area contributed by atoms with Crippen LogP contribution in [0.25, 0.3) is 28.0 Å². The van der Waals surface area contributed by atoms with E-state index in [9.17, 15) is 9.59 Å². The molecule has 0 fully saturated rings. The summed E-state index contributed by atoms with van der Waals surface area (Å²) in [5.41, 5.74) is 9.71. The first-order valence-corrected chi connectivity index (χ1v) is 14.4. The highest BCUT2D eigenvalue weighted by atomic mass is 32.1. The van der Waals surface area contributed by atoms with Gasteiger partial charge in [0, 0.05) is 34.2 Å². The Morgan fingerprint density at radius 3 is 2.00 bits per heavy atom. The molecule has 0 spiro atoms. The lowest BCUT2D eigenvalue weighted by Gasteiger charge is -2.38. The summed E-state index contributed by atoms with van der Waals surface area (Å²) in [6.07, 6.45) is 1.80. The second-order valence-corrected chi connectivity index (χ2v) is 12.6. The van der Waals surface area contributed by atoms with Gasteiger partial charge in [-0.2, -0.15) is 0 Å². The number of allylic oxidation sites excluding steroid dienone is 1. The molecule has 0 saturated carbocycles. The largest absolute Gasteiger partial charge is 0.336 e. The average molecular weight is 540 g/mol. The molecule has 4 aromatic carbocycles. The van der Waals surface area contributed by atoms with Gasteiger partial charge in [0.15, 0.2) is 11.6 Å². The minimum absolute atomic E-state index is 0.189. The van der Waals surface area contributed by atoms with Crippen molar-refractivity contribution in [3.63, 3.8) is 0 Å². The lowest BCUT2D eigenvalue weighted by Crippen LogP contribution is -2.29. The van der Waals surface area contributed by atoms with Crippen LogP contribution in [0.2, 0.25) is 0 Å². The number of fused-ring (bicyclic) bond motifs is 4. The molecular weight excluding hydrogens is 510 g/mol. The van der Waals surface area contributed by atoms with Crippen molar-refractivity contribution >= 4 is 50.4 Å². The highest BCUT2D eigenvalue weighted by Gasteiger charge is 2.38. The summed E-state index contributed by atoms with van der Waals surface area (Å²) in [5, 5.41) is 3.08. The van der Waals surface area contributed by atoms with E-state index < -0.39 is 0 Å². The predicted molar refractivity (Wildman–Crippen MR) is 166 cm³/mol. The molecule has 40 heavy (non-hydrogen) atoms. The molecule has 0 radical (unpaired) electrons. The fourth-order valence-electron chi connectivity index (χ4n) is 6.46. The van der Waals surface area contributed by atoms with Gasteiger partial charge in [-0.1, -0.05) is 62.4 Å². The van der Waals surface area contributed by atoms with Gasteiger partial charge in [0.1, 0.15) is 0 Å². The molecule has 2 aliphatic rings. The number of rotatable bonds is 2. The number of anilines is 2. The molecule has 0 N–H and O–H groups in total. The second kappa shape index (κ2) is 8.61. The SMILES string of the molecule is Cc1cccc(C)c1-c1ccc2c(c1)C(C)(C)c1cc(C=C3C(=O)c4cc5ccccc5cc4C3=O)sc1N2C. The molecule has 0 bridgehead atoms. The van der Waals surface area contributed by atoms with Crippen LogP contribution in [0.1, 0.15) is 61.7 Å². The number of aryl methyl sites for hydroxylation is 2. The van der Waals surface area contributed by atoms with E-state index in [1.165, 1.54) is 39.1 Å². The third kappa shape index (κ3) is 3.49. The molecule has 0 unspecified atom stereocenters. The van der Waals surface area contributed by atoms with Gasteiger partial charge in [0.25, 0.3) is 0 Å². The lowest BCUT2D eigenvalue weighted by atomic mass is 9.74. The molecule has 0 amide bonds. The first-order valence-electron chi connectivity index (χ1n) is 13.6. The topological polar surface area (TPSA) is 37.4 Å². The second-order valence-electron chi connectivity index (χ2n) is 11.5. The zero-order valence-corrected chi connectivity index (χ0v) is 24.1. The fraction of sp³-hybridized carbons (Fsp3) is 0.167. The summed E-state index contributed by atoms with van der Waals surface area (Å²) >= 11 is 1.63. The number of nitrogens with zero attached hydrogens (tertiary/aromatic N) is 1. The van der Waals surface area contributed by atoms with Crippen molar-refractivity contribution in [1.82, 2.24) is 0 Å². The van der Waals surface area contributed by atoms with Gasteiger partial charge in [-0.25, -0.2) is 0 Å². The van der Waals surface area contributed by atoms with Crippen LogP contribution in [0, 0.1) is 13.8 Å². The summed E-state index contributed by atoms with van der Waals surface area (Å²) < 4.78 is 0. The van der Waals surface area contributed by atoms with Gasteiger partial charge in [-0.3, -0.25) is 9.59 Å². The predicted octanol–water partition coefficient (Wildman–Crippen LogP) is 9.05. The maximum atomic E-state index is 13.4. The van der Waals surface area contributed by atoms with Crippen molar-refractivity contribution in [1.29, 1.82) is 0 Å². The maximum Gasteiger partial charge on any atom is 0.197 e. The summed E-state index contributed by atoms with van der Waals surface area (Å²) in [6.45, 7) is 8.87. The average Bonchev–Trinajstić information content (AvgIpc) is 3.47. The zero-order valence-electron chi connectivity index (χ0n) is 23.3. The molecule has 196 valence electrons. The molecule has 1 aliphatic heterocycles. The minimum atomic E-state index is -0.249. The summed E-state index contributed by atoms with van der Waals surface area (Å²) in [6, 6.07) is 27.0. The Morgan fingerprint density at radius 1 is 0.750 bits per heavy atom. The summed E-state index contributed by atoms with van der Waals surface area (Å²) in [4.78, 5) is 30.0. The standard InChI is InChI=1S/C36H29NO2S/c1-20-9-8-10-21(2)32(20)24-13-14-31-29(17-24)36(3,4)30-19-25(40-35(30)37(31)5)18-28-33(38)26-15-22-11-6-7-12-23(22)16-27(26)34(28)39/h6-19H,1-5H3. The van der Waals surface area contributed by atoms with E-state index in [4.69, 9.17) is 0 Å². The van der Waals surface area contributed by atoms with Crippen LogP contribution in [-0.4, -0.2) is 18.6 Å². The van der Waals surface area contributed by atoms with E-state index in [1.54, 1.807) is 17.4 Å². The molecule has 5 aromatic rings. The fourth-order valence-corrected chi connectivity index (χ4v) is 7.70. The molecule has 1 aliphatic carbocycles. The molecule has 0 saturated heterocycles. The Balaban J connectivity index is 1.31. The molecule has 3 nitrogen and oxygen atoms in total. The van der Waals surface area contributed by atoms with Crippen LogP contribution in [0.5, 0.6) is 0 Å². The Bertz CT molecular complexity index is 1880. The van der Waals surface area contributed by atoms with E-state index in [-0.39, 0.29) is 22.6 Å². The number of carbonyl (C=O) groups is 2. The monoisotopic (exact) mass is 539 g/mol. The first kappa shape index (κ1) is 24.7. The number of thiophene rings is 1. The van der Waals surface area contributed by atoms with Gasteiger partial charge in [0.2, 0.25) is 0 Å². The van der Waals surface area contributed by atoms with Crippen molar-refractivity contribution in [2.24, 2.45) is 0 Å². The van der Waals surface area contributed by atoms with Crippen LogP contribution >= 0.6 is 11.3 Å². The number of hydrogen-bond acceptors (Lipinski definition) is 4. The lowest BCUT2D eigenvalue weighted by molar-refractivity contribution is 0.0990. The molecule has 7 rings (SSSR count). The summed E-state index contributed by atoms with van der Waals surface area (Å²) in [5.74, 6) is -0.377. The van der Waals surface area contributed by atoms with E-state index in [0.717, 1.165) is 20.7 Å². The van der Waals surface area contributed by atoms with Crippen molar-refractivity contribution < 1.29 is 9.59 Å². The van der Waals surface area contributed by atoms with E-state index >= 15 is 0 Å². The van der Waals surface area contributed by atoms with Gasteiger partial charge in [-0.05, 0) is 94.4 Å². The van der Waals surface area contributed by atoms with Crippen LogP contribution in [0.4, 0.5) is 10.7 Å². The number of ketones is 2. The first-order chi connectivity index (χ1) is 19.1. The third-order valence-corrected chi connectivity index (χ3v) is 9.82. The van der Waals surface area contributed by atoms with E-state index in [2.05, 4.69) is 82.1 Å². The van der Waals surface area contributed by atoms with Gasteiger partial charge in [-0.15, -0.1) is 11.3 Å². The van der Waals surface area contributed by atoms with E-state index in [1.807, 2.05) is 36.4 Å². The number of hydrogen-bond donors (Lipinski definition) is 0. The Kier molecular flexibility index (Phi) is 5.32. The van der Waals surface area contributed by atoms with E-state index in [0.29, 0.717) is 11.1 Å². The van der Waals surface area contributed by atoms with Crippen LogP contribution in [0.15, 0.2) is 84.4 Å². The quantitative estimate of drug-likeness (QED) is 0.166. The maximum absolute atomic E-state index is 13.4. The third-order valence-electron chi connectivity index (χ3n) is 8.66. The van der Waals surface area contributed by atoms with Crippen molar-refractivity contribution in [3.05, 3.63) is 123 Å². The van der Waals surface area contributed by atoms with Crippen LogP contribution < -0.4 is 4.90 Å². The minimum Gasteiger partial charge on any atom is -0.336 e. The van der Waals surface area contributed by atoms with Gasteiger partial charge in [0.05, 0.1) is 10.6 Å². The number of benzene rings is 4. The highest BCUT2D eigenvalue weighted by Crippen LogP contribution is 2.53. The smallest absolute Gasteiger partial charge is 0.197 e. The van der Waals surface area contributed by atoms with Crippen LogP contribution in [0.3, 0.4) is 0 Å². The van der Waals surface area contributed by atoms with Crippen molar-refractivity contribution in [3.8, 4) is 11.1 Å². The Hall–Kier alpha value is -4.28. The molecule has 2 heterocycles. The molecule has 0 atom stereocenters. The molecule has 4 heteroatoms. The van der Waals surface area contributed by atoms with Gasteiger partial charge >= 0.3 is 0 Å². The van der Waals surface area contributed by atoms with Crippen LogP contribution in [-0.2, 0) is 5.41 Å². The highest BCUT2D eigenvalue weighted by molar-refractivity contribution is 7.17. The normalized spacial score (nSPS) is 15.3. The Morgan fingerprint density at radius 2 is 1.38 bits per heavy atom. The van der Waals surface area contributed by atoms with Crippen molar-refractivity contribution in [2.75, 3.05) is 11.9 Å². The number of Topliss-reactive ketones (excluding diaryl/α,β-unsaturated/α-hetero) is 2. The van der Waals surface area contributed by atoms with Gasteiger partial charge < -0.3 is 4.90 Å². The number of carbonyl (C=O) groups excluding carboxylic acids is 2. The molecular formula is C36H29NO2S. The Labute approximate surface area is 238 Å². The summed E-state index contributed by atoms with van der Waals surface area (Å²) in [7, 11) is 2.10. The van der Waals surface area contributed by atoms with Crippen molar-refractivity contribution in [2.45, 2.75) is 33.1 Å². The molecule has 1 aromatic heterocycles. The zero-order chi connectivity index (χ0) is 27.9.